The normalized spacial score (nSPS) is 11.4. The van der Waals surface area contributed by atoms with Crippen molar-refractivity contribution in [3.8, 4) is 12.1 Å². The SMILES string of the molecule is C[C@@H](SCCCC#N)c1ccc(C#N)cc1. The molecule has 0 aliphatic heterocycles. The van der Waals surface area contributed by atoms with Gasteiger partial charge < -0.3 is 0 Å². The van der Waals surface area contributed by atoms with E-state index in [9.17, 15) is 0 Å². The minimum absolute atomic E-state index is 0.423. The number of rotatable bonds is 5. The van der Waals surface area contributed by atoms with Crippen molar-refractivity contribution in [2.24, 2.45) is 0 Å². The lowest BCUT2D eigenvalue weighted by Gasteiger charge is -2.10. The number of unbranched alkanes of at least 4 members (excludes halogenated alkanes) is 1. The summed E-state index contributed by atoms with van der Waals surface area (Å²) in [7, 11) is 0. The highest BCUT2D eigenvalue weighted by atomic mass is 32.2. The van der Waals surface area contributed by atoms with Crippen LogP contribution in [0.5, 0.6) is 0 Å². The van der Waals surface area contributed by atoms with E-state index in [1.54, 1.807) is 0 Å². The van der Waals surface area contributed by atoms with Gasteiger partial charge in [0.25, 0.3) is 0 Å². The minimum Gasteiger partial charge on any atom is -0.198 e. The summed E-state index contributed by atoms with van der Waals surface area (Å²) in [6, 6.07) is 12.0. The van der Waals surface area contributed by atoms with E-state index >= 15 is 0 Å². The highest BCUT2D eigenvalue weighted by molar-refractivity contribution is 7.99. The Labute approximate surface area is 101 Å². The van der Waals surface area contributed by atoms with Crippen molar-refractivity contribution in [2.75, 3.05) is 5.75 Å². The van der Waals surface area contributed by atoms with Crippen molar-refractivity contribution < 1.29 is 0 Å². The van der Waals surface area contributed by atoms with Crippen LogP contribution in [0.1, 0.15) is 36.1 Å². The summed E-state index contributed by atoms with van der Waals surface area (Å²) in [5.41, 5.74) is 1.94. The quantitative estimate of drug-likeness (QED) is 0.725. The molecule has 0 N–H and O–H groups in total. The summed E-state index contributed by atoms with van der Waals surface area (Å²) in [4.78, 5) is 0. The smallest absolute Gasteiger partial charge is 0.0991 e. The second-order valence-corrected chi connectivity index (χ2v) is 4.96. The van der Waals surface area contributed by atoms with E-state index in [0.29, 0.717) is 17.2 Å². The van der Waals surface area contributed by atoms with Crippen molar-refractivity contribution in [1.29, 1.82) is 10.5 Å². The van der Waals surface area contributed by atoms with Gasteiger partial charge in [-0.05, 0) is 36.8 Å². The number of nitriles is 2. The van der Waals surface area contributed by atoms with E-state index in [0.717, 1.165) is 12.2 Å². The van der Waals surface area contributed by atoms with Crippen LogP contribution >= 0.6 is 11.8 Å². The van der Waals surface area contributed by atoms with Gasteiger partial charge in [0.2, 0.25) is 0 Å². The molecule has 1 aromatic rings. The molecule has 0 aliphatic carbocycles. The van der Waals surface area contributed by atoms with E-state index in [1.807, 2.05) is 36.0 Å². The van der Waals surface area contributed by atoms with E-state index in [-0.39, 0.29) is 0 Å². The first-order chi connectivity index (χ1) is 7.77. The molecule has 3 heteroatoms. The van der Waals surface area contributed by atoms with Crippen molar-refractivity contribution in [2.45, 2.75) is 25.0 Å². The third kappa shape index (κ3) is 3.96. The number of benzene rings is 1. The zero-order chi connectivity index (χ0) is 11.8. The molecule has 0 fully saturated rings. The van der Waals surface area contributed by atoms with E-state index in [2.05, 4.69) is 19.1 Å². The first kappa shape index (κ1) is 12.6. The molecule has 1 aromatic carbocycles. The van der Waals surface area contributed by atoms with Crippen LogP contribution in [-0.2, 0) is 0 Å². The summed E-state index contributed by atoms with van der Waals surface area (Å²) in [6.45, 7) is 2.15. The van der Waals surface area contributed by atoms with Gasteiger partial charge in [-0.2, -0.15) is 22.3 Å². The number of hydrogen-bond acceptors (Lipinski definition) is 3. The molecular weight excluding hydrogens is 216 g/mol. The summed E-state index contributed by atoms with van der Waals surface area (Å²) >= 11 is 1.85. The van der Waals surface area contributed by atoms with Gasteiger partial charge in [0.15, 0.2) is 0 Å². The molecule has 1 atom stereocenters. The van der Waals surface area contributed by atoms with Crippen LogP contribution in [0, 0.1) is 22.7 Å². The van der Waals surface area contributed by atoms with Crippen molar-refractivity contribution in [1.82, 2.24) is 0 Å². The predicted molar refractivity (Wildman–Crippen MR) is 66.9 cm³/mol. The van der Waals surface area contributed by atoms with Gasteiger partial charge in [-0.25, -0.2) is 0 Å². The molecule has 0 radical (unpaired) electrons. The Morgan fingerprint density at radius 1 is 1.25 bits per heavy atom. The van der Waals surface area contributed by atoms with Gasteiger partial charge in [-0.3, -0.25) is 0 Å². The van der Waals surface area contributed by atoms with E-state index in [4.69, 9.17) is 10.5 Å². The molecule has 0 unspecified atom stereocenters. The fraction of sp³-hybridized carbons (Fsp3) is 0.385. The first-order valence-corrected chi connectivity index (χ1v) is 6.31. The van der Waals surface area contributed by atoms with Crippen LogP contribution in [0.4, 0.5) is 0 Å². The van der Waals surface area contributed by atoms with Crippen molar-refractivity contribution in [3.05, 3.63) is 35.4 Å². The molecule has 0 amide bonds. The summed E-state index contributed by atoms with van der Waals surface area (Å²) in [6.07, 6.45) is 1.58. The van der Waals surface area contributed by atoms with Gasteiger partial charge in [0.05, 0.1) is 17.7 Å². The molecule has 0 heterocycles. The van der Waals surface area contributed by atoms with Crippen LogP contribution in [0.2, 0.25) is 0 Å². The molecule has 0 saturated carbocycles. The largest absolute Gasteiger partial charge is 0.198 e. The fourth-order valence-corrected chi connectivity index (χ4v) is 2.35. The molecule has 82 valence electrons. The number of hydrogen-bond donors (Lipinski definition) is 0. The third-order valence-electron chi connectivity index (χ3n) is 2.31. The third-order valence-corrected chi connectivity index (χ3v) is 3.61. The molecule has 2 nitrogen and oxygen atoms in total. The molecule has 1 rings (SSSR count). The maximum atomic E-state index is 8.68. The van der Waals surface area contributed by atoms with Crippen LogP contribution in [-0.4, -0.2) is 5.75 Å². The van der Waals surface area contributed by atoms with Crippen molar-refractivity contribution >= 4 is 11.8 Å². The molecule has 0 bridgehead atoms. The molecule has 0 aromatic heterocycles. The van der Waals surface area contributed by atoms with Crippen LogP contribution in [0.25, 0.3) is 0 Å². The zero-order valence-electron chi connectivity index (χ0n) is 9.31. The van der Waals surface area contributed by atoms with Gasteiger partial charge in [0, 0.05) is 11.7 Å². The van der Waals surface area contributed by atoms with Crippen molar-refractivity contribution in [3.63, 3.8) is 0 Å². The fourth-order valence-electron chi connectivity index (χ4n) is 1.34. The van der Waals surface area contributed by atoms with Crippen LogP contribution in [0.15, 0.2) is 24.3 Å². The highest BCUT2D eigenvalue weighted by Gasteiger charge is 2.05. The van der Waals surface area contributed by atoms with Gasteiger partial charge in [0.1, 0.15) is 0 Å². The Morgan fingerprint density at radius 3 is 2.50 bits per heavy atom. The summed E-state index contributed by atoms with van der Waals surface area (Å²) in [5.74, 6) is 1.01. The lowest BCUT2D eigenvalue weighted by Crippen LogP contribution is -1.90. The van der Waals surface area contributed by atoms with Gasteiger partial charge >= 0.3 is 0 Å². The second kappa shape index (κ2) is 6.93. The molecule has 0 saturated heterocycles. The number of thioether (sulfide) groups is 1. The average Bonchev–Trinajstić information content (AvgIpc) is 2.34. The maximum absolute atomic E-state index is 8.68. The summed E-state index contributed by atoms with van der Waals surface area (Å²) in [5, 5.41) is 17.5. The highest BCUT2D eigenvalue weighted by Crippen LogP contribution is 2.28. The van der Waals surface area contributed by atoms with E-state index in [1.165, 1.54) is 5.56 Å². The molecule has 0 aliphatic rings. The molecule has 0 spiro atoms. The van der Waals surface area contributed by atoms with Crippen LogP contribution in [0.3, 0.4) is 0 Å². The first-order valence-electron chi connectivity index (χ1n) is 5.26. The standard InChI is InChI=1S/C13H14N2S/c1-11(16-9-3-2-8-14)13-6-4-12(10-15)5-7-13/h4-7,11H,2-3,9H2,1H3/t11-/m1/s1. The maximum Gasteiger partial charge on any atom is 0.0991 e. The molecule has 16 heavy (non-hydrogen) atoms. The minimum atomic E-state index is 0.423. The van der Waals surface area contributed by atoms with E-state index < -0.39 is 0 Å². The molecular formula is C13H14N2S. The Kier molecular flexibility index (Phi) is 5.46. The lowest BCUT2D eigenvalue weighted by molar-refractivity contribution is 0.971. The lowest BCUT2D eigenvalue weighted by atomic mass is 10.1. The zero-order valence-corrected chi connectivity index (χ0v) is 10.1. The monoisotopic (exact) mass is 230 g/mol. The Bertz CT molecular complexity index is 397. The Morgan fingerprint density at radius 2 is 1.94 bits per heavy atom. The van der Waals surface area contributed by atoms with Gasteiger partial charge in [-0.15, -0.1) is 0 Å². The second-order valence-electron chi connectivity index (χ2n) is 3.51. The van der Waals surface area contributed by atoms with Crippen LogP contribution < -0.4 is 0 Å². The average molecular weight is 230 g/mol. The predicted octanol–water partition coefficient (Wildman–Crippen LogP) is 3.66. The van der Waals surface area contributed by atoms with Gasteiger partial charge in [-0.1, -0.05) is 12.1 Å². The topological polar surface area (TPSA) is 47.6 Å². The summed E-state index contributed by atoms with van der Waals surface area (Å²) < 4.78 is 0. The Hall–Kier alpha value is -1.45. The number of nitrogens with zero attached hydrogens (tertiary/aromatic N) is 2. The Balaban J connectivity index is 2.44.